The third-order valence-corrected chi connectivity index (χ3v) is 2.45. The van der Waals surface area contributed by atoms with Gasteiger partial charge in [0.15, 0.2) is 11.5 Å². The molecule has 0 aliphatic heterocycles. The van der Waals surface area contributed by atoms with E-state index in [0.717, 1.165) is 22.6 Å². The average molecular weight is 217 g/mol. The van der Waals surface area contributed by atoms with Crippen molar-refractivity contribution in [3.8, 4) is 0 Å². The fourth-order valence-electron chi connectivity index (χ4n) is 1.68. The van der Waals surface area contributed by atoms with Gasteiger partial charge in [-0.1, -0.05) is 26.0 Å². The predicted molar refractivity (Wildman–Crippen MR) is 62.5 cm³/mol. The van der Waals surface area contributed by atoms with Gasteiger partial charge in [0, 0.05) is 17.9 Å². The molecule has 0 N–H and O–H groups in total. The molecule has 1 aromatic carbocycles. The van der Waals surface area contributed by atoms with Crippen LogP contribution in [0.1, 0.15) is 38.1 Å². The van der Waals surface area contributed by atoms with Crippen LogP contribution in [-0.2, 0) is 11.2 Å². The zero-order chi connectivity index (χ0) is 11.7. The minimum Gasteiger partial charge on any atom is -0.440 e. The standard InChI is InChI=1S/C13H15NO2/c1-8(2)13-14-11-6-4-5-10(7-9(3)15)12(11)16-13/h4-6,8H,7H2,1-3H3. The second-order valence-electron chi connectivity index (χ2n) is 4.35. The van der Waals surface area contributed by atoms with Gasteiger partial charge in [0.2, 0.25) is 0 Å². The molecule has 0 aliphatic rings. The van der Waals surface area contributed by atoms with Gasteiger partial charge in [0.1, 0.15) is 11.3 Å². The van der Waals surface area contributed by atoms with Crippen molar-refractivity contribution in [2.24, 2.45) is 0 Å². The summed E-state index contributed by atoms with van der Waals surface area (Å²) in [5.74, 6) is 1.12. The van der Waals surface area contributed by atoms with Crippen molar-refractivity contribution < 1.29 is 9.21 Å². The summed E-state index contributed by atoms with van der Waals surface area (Å²) in [6, 6.07) is 5.74. The summed E-state index contributed by atoms with van der Waals surface area (Å²) >= 11 is 0. The molecule has 0 fully saturated rings. The van der Waals surface area contributed by atoms with Gasteiger partial charge >= 0.3 is 0 Å². The van der Waals surface area contributed by atoms with Crippen molar-refractivity contribution in [1.29, 1.82) is 0 Å². The van der Waals surface area contributed by atoms with Crippen LogP contribution in [0.4, 0.5) is 0 Å². The fraction of sp³-hybridized carbons (Fsp3) is 0.385. The molecule has 16 heavy (non-hydrogen) atoms. The van der Waals surface area contributed by atoms with Gasteiger partial charge in [-0.3, -0.25) is 4.79 Å². The first-order valence-corrected chi connectivity index (χ1v) is 5.45. The van der Waals surface area contributed by atoms with Crippen LogP contribution in [0.5, 0.6) is 0 Å². The van der Waals surface area contributed by atoms with Crippen molar-refractivity contribution >= 4 is 16.9 Å². The van der Waals surface area contributed by atoms with Crippen LogP contribution in [0.2, 0.25) is 0 Å². The Morgan fingerprint density at radius 3 is 2.81 bits per heavy atom. The highest BCUT2D eigenvalue weighted by Crippen LogP contribution is 2.24. The molecular weight excluding hydrogens is 202 g/mol. The molecule has 0 atom stereocenters. The summed E-state index contributed by atoms with van der Waals surface area (Å²) in [4.78, 5) is 15.5. The molecular formula is C13H15NO2. The number of aromatic nitrogens is 1. The Labute approximate surface area is 94.5 Å². The highest BCUT2D eigenvalue weighted by Gasteiger charge is 2.12. The van der Waals surface area contributed by atoms with Gasteiger partial charge in [-0.15, -0.1) is 0 Å². The molecule has 3 nitrogen and oxygen atoms in total. The summed E-state index contributed by atoms with van der Waals surface area (Å²) in [7, 11) is 0. The van der Waals surface area contributed by atoms with Crippen LogP contribution in [0.25, 0.3) is 11.1 Å². The number of hydrogen-bond donors (Lipinski definition) is 0. The predicted octanol–water partition coefficient (Wildman–Crippen LogP) is 3.08. The van der Waals surface area contributed by atoms with Crippen molar-refractivity contribution in [2.45, 2.75) is 33.1 Å². The van der Waals surface area contributed by atoms with Crippen LogP contribution < -0.4 is 0 Å². The Morgan fingerprint density at radius 1 is 1.44 bits per heavy atom. The summed E-state index contributed by atoms with van der Waals surface area (Å²) < 4.78 is 5.70. The second kappa shape index (κ2) is 4.08. The molecule has 0 saturated carbocycles. The molecule has 0 bridgehead atoms. The number of nitrogens with zero attached hydrogens (tertiary/aromatic N) is 1. The first kappa shape index (κ1) is 10.9. The molecule has 0 spiro atoms. The number of para-hydroxylation sites is 1. The van der Waals surface area contributed by atoms with E-state index in [1.54, 1.807) is 6.92 Å². The molecule has 0 aliphatic carbocycles. The smallest absolute Gasteiger partial charge is 0.198 e. The Hall–Kier alpha value is -1.64. The van der Waals surface area contributed by atoms with E-state index < -0.39 is 0 Å². The van der Waals surface area contributed by atoms with Crippen molar-refractivity contribution in [3.05, 3.63) is 29.7 Å². The maximum atomic E-state index is 11.1. The Kier molecular flexibility index (Phi) is 2.77. The number of fused-ring (bicyclic) bond motifs is 1. The fourth-order valence-corrected chi connectivity index (χ4v) is 1.68. The monoisotopic (exact) mass is 217 g/mol. The highest BCUT2D eigenvalue weighted by molar-refractivity contribution is 5.85. The zero-order valence-corrected chi connectivity index (χ0v) is 9.78. The number of benzene rings is 1. The maximum absolute atomic E-state index is 11.1. The van der Waals surface area contributed by atoms with Gasteiger partial charge < -0.3 is 4.42 Å². The molecule has 0 amide bonds. The number of oxazole rings is 1. The van der Waals surface area contributed by atoms with Gasteiger partial charge in [-0.2, -0.15) is 0 Å². The number of Topliss-reactive ketones (excluding diaryl/α,β-unsaturated/α-hetero) is 1. The molecule has 3 heteroatoms. The van der Waals surface area contributed by atoms with Crippen LogP contribution in [-0.4, -0.2) is 10.8 Å². The summed E-state index contributed by atoms with van der Waals surface area (Å²) in [6.45, 7) is 5.66. The van der Waals surface area contributed by atoms with E-state index in [0.29, 0.717) is 6.42 Å². The Bertz CT molecular complexity index is 526. The lowest BCUT2D eigenvalue weighted by atomic mass is 10.1. The number of rotatable bonds is 3. The molecule has 2 rings (SSSR count). The van der Waals surface area contributed by atoms with E-state index in [-0.39, 0.29) is 11.7 Å². The quantitative estimate of drug-likeness (QED) is 0.793. The van der Waals surface area contributed by atoms with Gasteiger partial charge in [-0.25, -0.2) is 4.98 Å². The van der Waals surface area contributed by atoms with E-state index in [2.05, 4.69) is 4.98 Å². The lowest BCUT2D eigenvalue weighted by Gasteiger charge is -1.98. The molecule has 0 radical (unpaired) electrons. The first-order chi connectivity index (χ1) is 7.58. The average Bonchev–Trinajstić information content (AvgIpc) is 2.61. The van der Waals surface area contributed by atoms with Crippen LogP contribution in [0.3, 0.4) is 0 Å². The minimum atomic E-state index is 0.134. The molecule has 1 heterocycles. The topological polar surface area (TPSA) is 43.1 Å². The third-order valence-electron chi connectivity index (χ3n) is 2.45. The number of hydrogen-bond acceptors (Lipinski definition) is 3. The van der Waals surface area contributed by atoms with Crippen LogP contribution in [0, 0.1) is 0 Å². The summed E-state index contributed by atoms with van der Waals surface area (Å²) in [6.07, 6.45) is 0.407. The lowest BCUT2D eigenvalue weighted by Crippen LogP contribution is -1.96. The molecule has 1 aromatic heterocycles. The van der Waals surface area contributed by atoms with Crippen molar-refractivity contribution in [1.82, 2.24) is 4.98 Å². The SMILES string of the molecule is CC(=O)Cc1cccc2nc(C(C)C)oc12. The van der Waals surface area contributed by atoms with E-state index >= 15 is 0 Å². The van der Waals surface area contributed by atoms with E-state index in [1.807, 2.05) is 32.0 Å². The lowest BCUT2D eigenvalue weighted by molar-refractivity contribution is -0.116. The molecule has 2 aromatic rings. The molecule has 0 saturated heterocycles. The van der Waals surface area contributed by atoms with Crippen LogP contribution in [0.15, 0.2) is 22.6 Å². The Balaban J connectivity index is 2.54. The Morgan fingerprint density at radius 2 is 2.19 bits per heavy atom. The zero-order valence-electron chi connectivity index (χ0n) is 9.78. The number of carbonyl (C=O) groups excluding carboxylic acids is 1. The molecule has 84 valence electrons. The molecule has 0 unspecified atom stereocenters. The van der Waals surface area contributed by atoms with Gasteiger partial charge in [-0.05, 0) is 13.0 Å². The number of carbonyl (C=O) groups is 1. The van der Waals surface area contributed by atoms with E-state index in [1.165, 1.54) is 0 Å². The minimum absolute atomic E-state index is 0.134. The largest absolute Gasteiger partial charge is 0.440 e. The van der Waals surface area contributed by atoms with Crippen molar-refractivity contribution in [3.63, 3.8) is 0 Å². The normalized spacial score (nSPS) is 11.2. The first-order valence-electron chi connectivity index (χ1n) is 5.45. The second-order valence-corrected chi connectivity index (χ2v) is 4.35. The van der Waals surface area contributed by atoms with Crippen molar-refractivity contribution in [2.75, 3.05) is 0 Å². The van der Waals surface area contributed by atoms with E-state index in [9.17, 15) is 4.79 Å². The summed E-state index contributed by atoms with van der Waals surface area (Å²) in [5, 5.41) is 0. The van der Waals surface area contributed by atoms with Crippen LogP contribution >= 0.6 is 0 Å². The number of ketones is 1. The van der Waals surface area contributed by atoms with Gasteiger partial charge in [0.25, 0.3) is 0 Å². The maximum Gasteiger partial charge on any atom is 0.198 e. The van der Waals surface area contributed by atoms with E-state index in [4.69, 9.17) is 4.42 Å². The van der Waals surface area contributed by atoms with Gasteiger partial charge in [0.05, 0.1) is 0 Å². The third kappa shape index (κ3) is 1.98. The highest BCUT2D eigenvalue weighted by atomic mass is 16.3. The summed E-state index contributed by atoms with van der Waals surface area (Å²) in [5.41, 5.74) is 2.51.